The van der Waals surface area contributed by atoms with E-state index in [1.807, 2.05) is 6.92 Å². The summed E-state index contributed by atoms with van der Waals surface area (Å²) >= 11 is 12.2. The average molecular weight is 313 g/mol. The number of hydrogen-bond acceptors (Lipinski definition) is 3. The van der Waals surface area contributed by atoms with Gasteiger partial charge in [-0.15, -0.1) is 0 Å². The number of carbonyl (C=O) groups excluding carboxylic acids is 1. The number of rotatable bonds is 5. The molecule has 6 heteroatoms. The fourth-order valence-electron chi connectivity index (χ4n) is 1.98. The summed E-state index contributed by atoms with van der Waals surface area (Å²) in [4.78, 5) is 12.5. The first-order valence-electron chi connectivity index (χ1n) is 6.14. The predicted octanol–water partition coefficient (Wildman–Crippen LogP) is 3.64. The van der Waals surface area contributed by atoms with E-state index in [0.717, 1.165) is 0 Å². The van der Waals surface area contributed by atoms with Crippen molar-refractivity contribution in [3.05, 3.63) is 45.7 Å². The molecule has 1 aromatic heterocycles. The number of aryl methyl sites for hydroxylation is 1. The molecule has 0 aliphatic carbocycles. The number of aromatic nitrogens is 2. The number of nitrogens with zero attached hydrogens (tertiary/aromatic N) is 2. The van der Waals surface area contributed by atoms with Crippen molar-refractivity contribution in [3.8, 4) is 5.75 Å². The highest BCUT2D eigenvalue weighted by atomic mass is 35.5. The predicted molar refractivity (Wildman–Crippen MR) is 78.9 cm³/mol. The Bertz CT molecular complexity index is 596. The molecule has 0 bridgehead atoms. The van der Waals surface area contributed by atoms with Crippen LogP contribution in [-0.2, 0) is 13.0 Å². The van der Waals surface area contributed by atoms with Crippen LogP contribution in [0.5, 0.6) is 5.75 Å². The molecule has 0 atom stereocenters. The lowest BCUT2D eigenvalue weighted by Crippen LogP contribution is -2.13. The fourth-order valence-corrected chi connectivity index (χ4v) is 2.52. The van der Waals surface area contributed by atoms with E-state index < -0.39 is 0 Å². The molecule has 0 saturated carbocycles. The molecule has 2 aromatic rings. The summed E-state index contributed by atoms with van der Waals surface area (Å²) in [5.41, 5.74) is 1.05. The van der Waals surface area contributed by atoms with Crippen molar-refractivity contribution in [3.63, 3.8) is 0 Å². The van der Waals surface area contributed by atoms with Crippen LogP contribution < -0.4 is 4.74 Å². The monoisotopic (exact) mass is 312 g/mol. The Hall–Kier alpha value is -1.52. The van der Waals surface area contributed by atoms with E-state index in [0.29, 0.717) is 33.6 Å². The number of ketones is 1. The van der Waals surface area contributed by atoms with E-state index in [-0.39, 0.29) is 12.2 Å². The quantitative estimate of drug-likeness (QED) is 0.792. The Morgan fingerprint density at radius 1 is 1.35 bits per heavy atom. The van der Waals surface area contributed by atoms with E-state index in [2.05, 4.69) is 5.10 Å². The SMILES string of the molecule is CCn1ncc(OC)c1C(=O)Cc1c(Cl)cccc1Cl. The summed E-state index contributed by atoms with van der Waals surface area (Å²) in [6.45, 7) is 2.49. The number of carbonyl (C=O) groups is 1. The molecular weight excluding hydrogens is 299 g/mol. The average Bonchev–Trinajstić information content (AvgIpc) is 2.85. The van der Waals surface area contributed by atoms with E-state index >= 15 is 0 Å². The van der Waals surface area contributed by atoms with Crippen LogP contribution in [0.2, 0.25) is 10.0 Å². The van der Waals surface area contributed by atoms with Crippen LogP contribution in [-0.4, -0.2) is 22.7 Å². The van der Waals surface area contributed by atoms with Gasteiger partial charge in [-0.25, -0.2) is 0 Å². The van der Waals surface area contributed by atoms with Gasteiger partial charge in [-0.3, -0.25) is 9.48 Å². The minimum absolute atomic E-state index is 0.112. The number of ether oxygens (including phenoxy) is 1. The van der Waals surface area contributed by atoms with Crippen LogP contribution in [0.3, 0.4) is 0 Å². The summed E-state index contributed by atoms with van der Waals surface area (Å²) in [6.07, 6.45) is 1.64. The smallest absolute Gasteiger partial charge is 0.189 e. The zero-order valence-corrected chi connectivity index (χ0v) is 12.7. The van der Waals surface area contributed by atoms with Gasteiger partial charge in [0, 0.05) is 23.0 Å². The molecule has 0 aliphatic rings. The summed E-state index contributed by atoms with van der Waals surface area (Å²) in [5, 5.41) is 5.08. The molecule has 0 radical (unpaired) electrons. The fraction of sp³-hybridized carbons (Fsp3) is 0.286. The molecule has 1 heterocycles. The van der Waals surface area contributed by atoms with Gasteiger partial charge in [0.1, 0.15) is 5.69 Å². The number of hydrogen-bond donors (Lipinski definition) is 0. The van der Waals surface area contributed by atoms with Crippen LogP contribution in [0.1, 0.15) is 23.0 Å². The Morgan fingerprint density at radius 3 is 2.55 bits per heavy atom. The first kappa shape index (κ1) is 14.9. The van der Waals surface area contributed by atoms with Gasteiger partial charge in [0.2, 0.25) is 0 Å². The van der Waals surface area contributed by atoms with Crippen molar-refractivity contribution in [1.29, 1.82) is 0 Å². The molecule has 0 N–H and O–H groups in total. The van der Waals surface area contributed by atoms with Crippen LogP contribution in [0, 0.1) is 0 Å². The summed E-state index contributed by atoms with van der Waals surface area (Å²) < 4.78 is 6.78. The second-order valence-electron chi connectivity index (χ2n) is 4.18. The van der Waals surface area contributed by atoms with E-state index in [1.165, 1.54) is 13.3 Å². The van der Waals surface area contributed by atoms with Gasteiger partial charge in [-0.1, -0.05) is 29.3 Å². The van der Waals surface area contributed by atoms with Gasteiger partial charge >= 0.3 is 0 Å². The Kier molecular flexibility index (Phi) is 4.68. The molecule has 0 aliphatic heterocycles. The minimum atomic E-state index is -0.129. The van der Waals surface area contributed by atoms with Crippen LogP contribution in [0.25, 0.3) is 0 Å². The lowest BCUT2D eigenvalue weighted by molar-refractivity contribution is 0.0979. The maximum Gasteiger partial charge on any atom is 0.189 e. The maximum atomic E-state index is 12.5. The first-order chi connectivity index (χ1) is 9.58. The van der Waals surface area contributed by atoms with Gasteiger partial charge in [-0.05, 0) is 24.6 Å². The Labute approximate surface area is 127 Å². The minimum Gasteiger partial charge on any atom is -0.493 e. The lowest BCUT2D eigenvalue weighted by Gasteiger charge is -2.09. The zero-order chi connectivity index (χ0) is 14.7. The van der Waals surface area contributed by atoms with Crippen molar-refractivity contribution in [1.82, 2.24) is 9.78 Å². The second kappa shape index (κ2) is 6.29. The lowest BCUT2D eigenvalue weighted by atomic mass is 10.1. The van der Waals surface area contributed by atoms with Gasteiger partial charge < -0.3 is 4.74 Å². The second-order valence-corrected chi connectivity index (χ2v) is 4.99. The van der Waals surface area contributed by atoms with Crippen molar-refractivity contribution >= 4 is 29.0 Å². The summed E-state index contributed by atoms with van der Waals surface area (Å²) in [7, 11) is 1.51. The molecule has 1 aromatic carbocycles. The highest BCUT2D eigenvalue weighted by molar-refractivity contribution is 6.36. The normalized spacial score (nSPS) is 10.6. The number of methoxy groups -OCH3 is 1. The maximum absolute atomic E-state index is 12.5. The van der Waals surface area contributed by atoms with Crippen LogP contribution in [0.15, 0.2) is 24.4 Å². The Balaban J connectivity index is 2.35. The van der Waals surface area contributed by atoms with Crippen LogP contribution >= 0.6 is 23.2 Å². The van der Waals surface area contributed by atoms with E-state index in [4.69, 9.17) is 27.9 Å². The molecule has 20 heavy (non-hydrogen) atoms. The van der Waals surface area contributed by atoms with Gasteiger partial charge in [0.25, 0.3) is 0 Å². The third kappa shape index (κ3) is 2.81. The molecule has 0 amide bonds. The third-order valence-corrected chi connectivity index (χ3v) is 3.70. The largest absolute Gasteiger partial charge is 0.493 e. The first-order valence-corrected chi connectivity index (χ1v) is 6.90. The molecule has 0 unspecified atom stereocenters. The molecule has 106 valence electrons. The van der Waals surface area contributed by atoms with E-state index in [9.17, 15) is 4.79 Å². The van der Waals surface area contributed by atoms with Crippen molar-refractivity contribution in [2.75, 3.05) is 7.11 Å². The molecule has 0 saturated heterocycles. The van der Waals surface area contributed by atoms with E-state index in [1.54, 1.807) is 22.9 Å². The third-order valence-electron chi connectivity index (χ3n) is 2.99. The van der Waals surface area contributed by atoms with Gasteiger partial charge in [0.05, 0.1) is 13.3 Å². The summed E-state index contributed by atoms with van der Waals surface area (Å²) in [5.74, 6) is 0.330. The summed E-state index contributed by atoms with van der Waals surface area (Å²) in [6, 6.07) is 5.17. The van der Waals surface area contributed by atoms with Gasteiger partial charge in [-0.2, -0.15) is 5.10 Å². The number of Topliss-reactive ketones (excluding diaryl/α,β-unsaturated/α-hetero) is 1. The van der Waals surface area contributed by atoms with Crippen molar-refractivity contribution < 1.29 is 9.53 Å². The van der Waals surface area contributed by atoms with Crippen molar-refractivity contribution in [2.24, 2.45) is 0 Å². The highest BCUT2D eigenvalue weighted by Gasteiger charge is 2.21. The molecule has 0 fully saturated rings. The zero-order valence-electron chi connectivity index (χ0n) is 11.2. The number of benzene rings is 1. The van der Waals surface area contributed by atoms with Crippen molar-refractivity contribution in [2.45, 2.75) is 19.9 Å². The Morgan fingerprint density at radius 2 is 2.00 bits per heavy atom. The highest BCUT2D eigenvalue weighted by Crippen LogP contribution is 2.27. The standard InChI is InChI=1S/C14H14Cl2N2O2/c1-3-18-14(13(20-2)8-17-18)12(19)7-9-10(15)5-4-6-11(9)16/h4-6,8H,3,7H2,1-2H3. The van der Waals surface area contributed by atoms with Crippen LogP contribution in [0.4, 0.5) is 0 Å². The van der Waals surface area contributed by atoms with Gasteiger partial charge in [0.15, 0.2) is 11.5 Å². The molecule has 2 rings (SSSR count). The molecule has 4 nitrogen and oxygen atoms in total. The topological polar surface area (TPSA) is 44.1 Å². The molecular formula is C14H14Cl2N2O2. The molecule has 0 spiro atoms. The number of halogens is 2.